The largest absolute Gasteiger partial charge is 0.444 e. The zero-order valence-electron chi connectivity index (χ0n) is 14.8. The Bertz CT molecular complexity index is 472. The van der Waals surface area contributed by atoms with Crippen LogP contribution >= 0.6 is 0 Å². The highest BCUT2D eigenvalue weighted by Gasteiger charge is 2.24. The number of hydrogen-bond donors (Lipinski definition) is 2. The third-order valence-corrected chi connectivity index (χ3v) is 3.10. The molecular formula is C17H31N3O2. The number of hydrogen-bond acceptors (Lipinski definition) is 3. The molecule has 2 N–H and O–H groups in total. The van der Waals surface area contributed by atoms with Crippen LogP contribution in [0.4, 0.5) is 4.79 Å². The molecule has 0 fully saturated rings. The van der Waals surface area contributed by atoms with Crippen molar-refractivity contribution in [2.24, 2.45) is 0 Å². The number of amides is 1. The lowest BCUT2D eigenvalue weighted by atomic mass is 10.1. The summed E-state index contributed by atoms with van der Waals surface area (Å²) in [6.07, 6.45) is 2.84. The first kappa shape index (κ1) is 18.6. The number of carbonyl (C=O) groups excluding carboxylic acids is 1. The van der Waals surface area contributed by atoms with Gasteiger partial charge in [-0.05, 0) is 53.2 Å². The van der Waals surface area contributed by atoms with Crippen molar-refractivity contribution in [2.75, 3.05) is 6.54 Å². The third-order valence-electron chi connectivity index (χ3n) is 3.10. The summed E-state index contributed by atoms with van der Waals surface area (Å²) in [6.45, 7) is 14.2. The molecule has 0 saturated heterocycles. The fourth-order valence-corrected chi connectivity index (χ4v) is 2.20. The van der Waals surface area contributed by atoms with Crippen LogP contribution in [0.2, 0.25) is 0 Å². The van der Waals surface area contributed by atoms with Gasteiger partial charge >= 0.3 is 6.09 Å². The van der Waals surface area contributed by atoms with Crippen LogP contribution in [0.5, 0.6) is 0 Å². The lowest BCUT2D eigenvalue weighted by molar-refractivity contribution is 0.0472. The van der Waals surface area contributed by atoms with E-state index in [0.717, 1.165) is 19.5 Å². The van der Waals surface area contributed by atoms with Gasteiger partial charge in [0.1, 0.15) is 5.60 Å². The van der Waals surface area contributed by atoms with E-state index in [1.807, 2.05) is 34.6 Å². The highest BCUT2D eigenvalue weighted by atomic mass is 16.6. The average molecular weight is 309 g/mol. The second-order valence-corrected chi connectivity index (χ2v) is 7.31. The van der Waals surface area contributed by atoms with Gasteiger partial charge in [0.25, 0.3) is 0 Å². The van der Waals surface area contributed by atoms with Crippen LogP contribution in [0.25, 0.3) is 0 Å². The molecule has 0 saturated carbocycles. The molecule has 0 atom stereocenters. The number of rotatable bonds is 7. The van der Waals surface area contributed by atoms with Crippen LogP contribution in [0.3, 0.4) is 0 Å². The lowest BCUT2D eigenvalue weighted by Crippen LogP contribution is -2.51. The van der Waals surface area contributed by atoms with Crippen LogP contribution in [0.15, 0.2) is 18.3 Å². The van der Waals surface area contributed by atoms with Crippen molar-refractivity contribution in [3.05, 3.63) is 24.0 Å². The zero-order valence-corrected chi connectivity index (χ0v) is 14.8. The predicted octanol–water partition coefficient (Wildman–Crippen LogP) is 3.29. The molecule has 1 aromatic heterocycles. The van der Waals surface area contributed by atoms with Crippen LogP contribution < -0.4 is 10.6 Å². The first-order valence-corrected chi connectivity index (χ1v) is 7.99. The van der Waals surface area contributed by atoms with E-state index in [2.05, 4.69) is 40.5 Å². The van der Waals surface area contributed by atoms with Crippen LogP contribution in [0, 0.1) is 0 Å². The molecule has 5 heteroatoms. The van der Waals surface area contributed by atoms with Crippen molar-refractivity contribution in [3.8, 4) is 0 Å². The van der Waals surface area contributed by atoms with Gasteiger partial charge in [-0.3, -0.25) is 0 Å². The molecule has 0 unspecified atom stereocenters. The SMILES string of the molecule is CCCn1cccc1CNCC(C)(C)NC(=O)OC(C)(C)C. The molecule has 1 amide bonds. The highest BCUT2D eigenvalue weighted by molar-refractivity contribution is 5.68. The smallest absolute Gasteiger partial charge is 0.408 e. The summed E-state index contributed by atoms with van der Waals surface area (Å²) in [5.41, 5.74) is 0.411. The second-order valence-electron chi connectivity index (χ2n) is 7.31. The van der Waals surface area contributed by atoms with Gasteiger partial charge in [-0.25, -0.2) is 4.79 Å². The molecule has 0 bridgehead atoms. The first-order chi connectivity index (χ1) is 10.1. The Kier molecular flexibility index (Phi) is 6.48. The molecule has 0 radical (unpaired) electrons. The molecule has 1 rings (SSSR count). The monoisotopic (exact) mass is 309 g/mol. The molecule has 0 aliphatic heterocycles. The molecule has 1 heterocycles. The number of ether oxygens (including phenoxy) is 1. The van der Waals surface area contributed by atoms with Crippen molar-refractivity contribution >= 4 is 6.09 Å². The fraction of sp³-hybridized carbons (Fsp3) is 0.706. The number of nitrogens with zero attached hydrogens (tertiary/aromatic N) is 1. The Hall–Kier alpha value is -1.49. The topological polar surface area (TPSA) is 55.3 Å². The van der Waals surface area contributed by atoms with Gasteiger partial charge < -0.3 is 19.9 Å². The summed E-state index contributed by atoms with van der Waals surface area (Å²) in [5, 5.41) is 6.31. The van der Waals surface area contributed by atoms with E-state index in [1.165, 1.54) is 5.69 Å². The molecule has 0 spiro atoms. The average Bonchev–Trinajstić information content (AvgIpc) is 2.73. The Balaban J connectivity index is 2.42. The number of carbonyl (C=O) groups is 1. The van der Waals surface area contributed by atoms with Crippen LogP contribution in [-0.4, -0.2) is 28.3 Å². The van der Waals surface area contributed by atoms with Crippen molar-refractivity contribution in [2.45, 2.75) is 72.2 Å². The number of nitrogens with one attached hydrogen (secondary N) is 2. The Morgan fingerprint density at radius 1 is 1.27 bits per heavy atom. The van der Waals surface area contributed by atoms with E-state index < -0.39 is 5.60 Å². The van der Waals surface area contributed by atoms with Crippen LogP contribution in [-0.2, 0) is 17.8 Å². The maximum atomic E-state index is 11.8. The minimum atomic E-state index is -0.478. The highest BCUT2D eigenvalue weighted by Crippen LogP contribution is 2.09. The molecule has 22 heavy (non-hydrogen) atoms. The van der Waals surface area contributed by atoms with Crippen molar-refractivity contribution < 1.29 is 9.53 Å². The Labute approximate surface area is 134 Å². The van der Waals surface area contributed by atoms with Gasteiger partial charge in [0, 0.05) is 31.5 Å². The normalized spacial score (nSPS) is 12.3. The maximum Gasteiger partial charge on any atom is 0.408 e. The minimum Gasteiger partial charge on any atom is -0.444 e. The van der Waals surface area contributed by atoms with E-state index in [4.69, 9.17) is 4.74 Å². The zero-order chi connectivity index (χ0) is 16.8. The summed E-state index contributed by atoms with van der Waals surface area (Å²) in [6, 6.07) is 4.19. The van der Waals surface area contributed by atoms with Gasteiger partial charge in [-0.15, -0.1) is 0 Å². The van der Waals surface area contributed by atoms with Crippen molar-refractivity contribution in [1.82, 2.24) is 15.2 Å². The van der Waals surface area contributed by atoms with Crippen LogP contribution in [0.1, 0.15) is 53.7 Å². The predicted molar refractivity (Wildman–Crippen MR) is 89.9 cm³/mol. The number of alkyl carbamates (subject to hydrolysis) is 1. The first-order valence-electron chi connectivity index (χ1n) is 7.99. The third kappa shape index (κ3) is 6.98. The van der Waals surface area contributed by atoms with Gasteiger partial charge in [0.15, 0.2) is 0 Å². The molecule has 5 nitrogen and oxygen atoms in total. The summed E-state index contributed by atoms with van der Waals surface area (Å²) in [5.74, 6) is 0. The minimum absolute atomic E-state index is 0.371. The van der Waals surface area contributed by atoms with Gasteiger partial charge in [-0.1, -0.05) is 6.92 Å². The summed E-state index contributed by atoms with van der Waals surface area (Å²) in [4.78, 5) is 11.8. The van der Waals surface area contributed by atoms with Crippen molar-refractivity contribution in [3.63, 3.8) is 0 Å². The summed E-state index contributed by atoms with van der Waals surface area (Å²) >= 11 is 0. The molecule has 0 aliphatic rings. The fourth-order valence-electron chi connectivity index (χ4n) is 2.20. The second kappa shape index (κ2) is 7.68. The lowest BCUT2D eigenvalue weighted by Gasteiger charge is -2.29. The van der Waals surface area contributed by atoms with Gasteiger partial charge in [0.05, 0.1) is 5.54 Å². The number of aryl methyl sites for hydroxylation is 1. The van der Waals surface area contributed by atoms with E-state index >= 15 is 0 Å². The standard InChI is InChI=1S/C17H31N3O2/c1-7-10-20-11-8-9-14(20)12-18-13-17(5,6)19-15(21)22-16(2,3)4/h8-9,11,18H,7,10,12-13H2,1-6H3,(H,19,21). The summed E-state index contributed by atoms with van der Waals surface area (Å²) in [7, 11) is 0. The molecule has 126 valence electrons. The summed E-state index contributed by atoms with van der Waals surface area (Å²) < 4.78 is 7.55. The van der Waals surface area contributed by atoms with Gasteiger partial charge in [-0.2, -0.15) is 0 Å². The van der Waals surface area contributed by atoms with E-state index in [1.54, 1.807) is 0 Å². The Morgan fingerprint density at radius 3 is 2.55 bits per heavy atom. The van der Waals surface area contributed by atoms with Gasteiger partial charge in [0.2, 0.25) is 0 Å². The molecule has 1 aromatic rings. The molecule has 0 aliphatic carbocycles. The van der Waals surface area contributed by atoms with Crippen molar-refractivity contribution in [1.29, 1.82) is 0 Å². The van der Waals surface area contributed by atoms with E-state index in [9.17, 15) is 4.79 Å². The quantitative estimate of drug-likeness (QED) is 0.812. The number of aromatic nitrogens is 1. The molecular weight excluding hydrogens is 278 g/mol. The van der Waals surface area contributed by atoms with E-state index in [-0.39, 0.29) is 11.6 Å². The molecule has 0 aromatic carbocycles. The Morgan fingerprint density at radius 2 is 1.95 bits per heavy atom. The van der Waals surface area contributed by atoms with E-state index in [0.29, 0.717) is 6.54 Å². The maximum absolute atomic E-state index is 11.8.